The van der Waals surface area contributed by atoms with E-state index in [1.165, 1.54) is 15.7 Å². The summed E-state index contributed by atoms with van der Waals surface area (Å²) in [5, 5.41) is 3.34. The van der Waals surface area contributed by atoms with Crippen molar-refractivity contribution >= 4 is 27.7 Å². The van der Waals surface area contributed by atoms with Crippen molar-refractivity contribution in [2.75, 3.05) is 26.7 Å². The van der Waals surface area contributed by atoms with Crippen molar-refractivity contribution in [2.24, 2.45) is 0 Å². The average Bonchev–Trinajstić information content (AvgIpc) is 2.44. The molecule has 0 unspecified atom stereocenters. The van der Waals surface area contributed by atoms with Crippen molar-refractivity contribution in [1.82, 2.24) is 13.9 Å². The molecule has 1 amide bonds. The van der Waals surface area contributed by atoms with E-state index in [-0.39, 0.29) is 12.5 Å². The van der Waals surface area contributed by atoms with Gasteiger partial charge in [-0.25, -0.2) is 0 Å². The van der Waals surface area contributed by atoms with Crippen LogP contribution in [0, 0.1) is 0 Å². The van der Waals surface area contributed by atoms with Crippen LogP contribution in [0.4, 0.5) is 0 Å². The van der Waals surface area contributed by atoms with Crippen molar-refractivity contribution in [1.29, 1.82) is 0 Å². The Morgan fingerprint density at radius 3 is 2.62 bits per heavy atom. The molecule has 21 heavy (non-hydrogen) atoms. The topological polar surface area (TPSA) is 69.7 Å². The third kappa shape index (κ3) is 4.16. The van der Waals surface area contributed by atoms with Gasteiger partial charge in [0.2, 0.25) is 5.91 Å². The Hall–Kier alpha value is -1.15. The molecule has 116 valence electrons. The summed E-state index contributed by atoms with van der Waals surface area (Å²) in [7, 11) is -1.98. The minimum atomic E-state index is -3.50. The van der Waals surface area contributed by atoms with E-state index in [2.05, 4.69) is 5.32 Å². The molecule has 6 nitrogen and oxygen atoms in total. The summed E-state index contributed by atoms with van der Waals surface area (Å²) in [4.78, 5) is 11.9. The molecule has 0 bridgehead atoms. The second-order valence-corrected chi connectivity index (χ2v) is 7.39. The van der Waals surface area contributed by atoms with E-state index in [9.17, 15) is 13.2 Å². The minimum absolute atomic E-state index is 0.153. The summed E-state index contributed by atoms with van der Waals surface area (Å²) in [5.41, 5.74) is 0.909. The highest BCUT2D eigenvalue weighted by Crippen LogP contribution is 2.13. The van der Waals surface area contributed by atoms with Crippen molar-refractivity contribution in [3.8, 4) is 0 Å². The van der Waals surface area contributed by atoms with Crippen LogP contribution in [0.3, 0.4) is 0 Å². The summed E-state index contributed by atoms with van der Waals surface area (Å²) < 4.78 is 26.5. The normalized spacial score (nSPS) is 19.3. The highest BCUT2D eigenvalue weighted by molar-refractivity contribution is 7.86. The maximum atomic E-state index is 12.0. The Labute approximate surface area is 129 Å². The van der Waals surface area contributed by atoms with E-state index >= 15 is 0 Å². The number of amides is 1. The van der Waals surface area contributed by atoms with Crippen LogP contribution in [0.25, 0.3) is 0 Å². The molecule has 0 radical (unpaired) electrons. The second-order valence-electron chi connectivity index (χ2n) is 4.92. The number of hydrogen-bond donors (Lipinski definition) is 1. The number of rotatable bonds is 4. The minimum Gasteiger partial charge on any atom is -0.351 e. The zero-order valence-electron chi connectivity index (χ0n) is 11.8. The van der Waals surface area contributed by atoms with E-state index in [0.717, 1.165) is 12.0 Å². The zero-order valence-corrected chi connectivity index (χ0v) is 13.3. The van der Waals surface area contributed by atoms with Gasteiger partial charge in [-0.15, -0.1) is 0 Å². The number of halogens is 1. The summed E-state index contributed by atoms with van der Waals surface area (Å²) >= 11 is 5.78. The van der Waals surface area contributed by atoms with Crippen molar-refractivity contribution in [3.05, 3.63) is 34.9 Å². The Bertz CT molecular complexity index is 604. The Kier molecular flexibility index (Phi) is 5.21. The quantitative estimate of drug-likeness (QED) is 0.888. The summed E-state index contributed by atoms with van der Waals surface area (Å²) in [6, 6.07) is 7.11. The maximum Gasteiger partial charge on any atom is 0.282 e. The molecule has 1 aliphatic rings. The van der Waals surface area contributed by atoms with Gasteiger partial charge in [-0.05, 0) is 24.1 Å². The van der Waals surface area contributed by atoms with E-state index in [4.69, 9.17) is 11.6 Å². The maximum absolute atomic E-state index is 12.0. The van der Waals surface area contributed by atoms with Crippen LogP contribution in [-0.2, 0) is 21.5 Å². The lowest BCUT2D eigenvalue weighted by Gasteiger charge is -2.31. The van der Waals surface area contributed by atoms with Gasteiger partial charge >= 0.3 is 0 Å². The van der Waals surface area contributed by atoms with Gasteiger partial charge in [0.25, 0.3) is 10.2 Å². The molecule has 1 fully saturated rings. The van der Waals surface area contributed by atoms with E-state index in [1.54, 1.807) is 12.1 Å². The number of nitrogens with zero attached hydrogens (tertiary/aromatic N) is 2. The fraction of sp³-hybridized carbons (Fsp3) is 0.462. The fourth-order valence-corrected chi connectivity index (χ4v) is 3.60. The van der Waals surface area contributed by atoms with Gasteiger partial charge < -0.3 is 5.32 Å². The number of carbonyl (C=O) groups excluding carboxylic acids is 1. The van der Waals surface area contributed by atoms with Gasteiger partial charge in [-0.2, -0.15) is 17.0 Å². The molecule has 1 aromatic carbocycles. The summed E-state index contributed by atoms with van der Waals surface area (Å²) in [5.74, 6) is -0.316. The van der Waals surface area contributed by atoms with Crippen LogP contribution < -0.4 is 5.32 Å². The first-order valence-electron chi connectivity index (χ1n) is 6.62. The number of nitrogens with one attached hydrogen (secondary N) is 1. The first-order chi connectivity index (χ1) is 9.89. The molecule has 0 atom stereocenters. The van der Waals surface area contributed by atoms with Crippen molar-refractivity contribution < 1.29 is 13.2 Å². The van der Waals surface area contributed by atoms with Gasteiger partial charge in [0, 0.05) is 31.7 Å². The second kappa shape index (κ2) is 6.74. The van der Waals surface area contributed by atoms with Crippen LogP contribution in [0.2, 0.25) is 5.02 Å². The van der Waals surface area contributed by atoms with Crippen LogP contribution in [0.5, 0.6) is 0 Å². The van der Waals surface area contributed by atoms with Crippen molar-refractivity contribution in [3.63, 3.8) is 0 Å². The molecule has 0 saturated carbocycles. The summed E-state index contributed by atoms with van der Waals surface area (Å²) in [6.45, 7) is 1.06. The van der Waals surface area contributed by atoms with Gasteiger partial charge in [0.05, 0.1) is 6.54 Å². The monoisotopic (exact) mass is 331 g/mol. The Morgan fingerprint density at radius 2 is 1.95 bits per heavy atom. The predicted octanol–water partition coefficient (Wildman–Crippen LogP) is 0.839. The Morgan fingerprint density at radius 1 is 1.29 bits per heavy atom. The average molecular weight is 332 g/mol. The van der Waals surface area contributed by atoms with Gasteiger partial charge in [-0.1, -0.05) is 23.7 Å². The summed E-state index contributed by atoms with van der Waals surface area (Å²) in [6.07, 6.45) is 0.722. The van der Waals surface area contributed by atoms with E-state index in [1.807, 2.05) is 12.1 Å². The lowest BCUT2D eigenvalue weighted by molar-refractivity contribution is -0.121. The van der Waals surface area contributed by atoms with Crippen LogP contribution in [0.15, 0.2) is 24.3 Å². The van der Waals surface area contributed by atoms with Gasteiger partial charge in [-0.3, -0.25) is 4.79 Å². The number of benzene rings is 1. The van der Waals surface area contributed by atoms with Gasteiger partial charge in [0.15, 0.2) is 0 Å². The molecule has 1 N–H and O–H groups in total. The smallest absolute Gasteiger partial charge is 0.282 e. The number of hydrogen-bond acceptors (Lipinski definition) is 3. The van der Waals surface area contributed by atoms with E-state index < -0.39 is 10.2 Å². The highest BCUT2D eigenvalue weighted by Gasteiger charge is 2.31. The molecule has 0 aliphatic carbocycles. The number of carbonyl (C=O) groups is 1. The first kappa shape index (κ1) is 16.2. The zero-order chi connectivity index (χ0) is 15.5. The van der Waals surface area contributed by atoms with Crippen molar-refractivity contribution in [2.45, 2.75) is 13.0 Å². The Balaban J connectivity index is 1.88. The van der Waals surface area contributed by atoms with Crippen LogP contribution >= 0.6 is 11.6 Å². The molecular weight excluding hydrogens is 314 g/mol. The first-order valence-corrected chi connectivity index (χ1v) is 8.39. The molecule has 0 aromatic heterocycles. The lowest BCUT2D eigenvalue weighted by Crippen LogP contribution is -2.50. The predicted molar refractivity (Wildman–Crippen MR) is 81.0 cm³/mol. The largest absolute Gasteiger partial charge is 0.351 e. The molecule has 8 heteroatoms. The lowest BCUT2D eigenvalue weighted by atomic mass is 10.2. The molecule has 1 aliphatic heterocycles. The molecule has 2 rings (SSSR count). The van der Waals surface area contributed by atoms with Gasteiger partial charge in [0.1, 0.15) is 0 Å². The third-order valence-corrected chi connectivity index (χ3v) is 5.51. The molecule has 0 spiro atoms. The molecule has 1 heterocycles. The fourth-order valence-electron chi connectivity index (χ4n) is 2.08. The van der Waals surface area contributed by atoms with Crippen LogP contribution in [-0.4, -0.2) is 49.6 Å². The van der Waals surface area contributed by atoms with Crippen LogP contribution in [0.1, 0.15) is 12.0 Å². The molecule has 1 aromatic rings. The standard InChI is InChI=1S/C13H18ClN3O3S/c1-16-7-2-8-17(21(16,19)20)10-13(18)15-9-11-3-5-12(14)6-4-11/h3-6H,2,7-10H2,1H3,(H,15,18). The van der Waals surface area contributed by atoms with E-state index in [0.29, 0.717) is 24.7 Å². The molecule has 1 saturated heterocycles. The third-order valence-electron chi connectivity index (χ3n) is 3.32. The highest BCUT2D eigenvalue weighted by atomic mass is 35.5. The molecular formula is C13H18ClN3O3S. The SMILES string of the molecule is CN1CCCN(CC(=O)NCc2ccc(Cl)cc2)S1(=O)=O.